The van der Waals surface area contributed by atoms with Gasteiger partial charge < -0.3 is 5.11 Å². The predicted molar refractivity (Wildman–Crippen MR) is 113 cm³/mol. The summed E-state index contributed by atoms with van der Waals surface area (Å²) in [6.07, 6.45) is 2.11. The Morgan fingerprint density at radius 1 is 1.07 bits per heavy atom. The van der Waals surface area contributed by atoms with E-state index in [9.17, 15) is 9.90 Å². The van der Waals surface area contributed by atoms with Crippen molar-refractivity contribution < 1.29 is 9.90 Å². The molecule has 2 aromatic carbocycles. The molecule has 1 unspecified atom stereocenters. The van der Waals surface area contributed by atoms with Gasteiger partial charge in [0.05, 0.1) is 5.57 Å². The highest BCUT2D eigenvalue weighted by atomic mass is 35.5. The summed E-state index contributed by atoms with van der Waals surface area (Å²) in [7, 11) is 0. The Balaban J connectivity index is 2.16. The third-order valence-corrected chi connectivity index (χ3v) is 6.02. The number of hydrogen-bond donors (Lipinski definition) is 1. The molecule has 0 aliphatic heterocycles. The van der Waals surface area contributed by atoms with E-state index in [-0.39, 0.29) is 22.9 Å². The zero-order chi connectivity index (χ0) is 19.8. The first-order valence-corrected chi connectivity index (χ1v) is 10.0. The second-order valence-corrected chi connectivity index (χ2v) is 8.48. The summed E-state index contributed by atoms with van der Waals surface area (Å²) in [4.78, 5) is 13.3. The zero-order valence-corrected chi connectivity index (χ0v) is 17.2. The zero-order valence-electron chi connectivity index (χ0n) is 16.5. The van der Waals surface area contributed by atoms with Crippen molar-refractivity contribution in [3.05, 3.63) is 64.4 Å². The van der Waals surface area contributed by atoms with E-state index in [1.165, 1.54) is 0 Å². The van der Waals surface area contributed by atoms with E-state index in [0.29, 0.717) is 17.0 Å². The number of aryl methyl sites for hydroxylation is 1. The Morgan fingerprint density at radius 3 is 2.30 bits per heavy atom. The molecule has 0 bridgehead atoms. The van der Waals surface area contributed by atoms with Gasteiger partial charge in [-0.3, -0.25) is 4.79 Å². The van der Waals surface area contributed by atoms with Crippen LogP contribution in [0.1, 0.15) is 51.7 Å². The van der Waals surface area contributed by atoms with E-state index in [0.717, 1.165) is 35.1 Å². The Bertz CT molecular complexity index is 891. The van der Waals surface area contributed by atoms with Crippen LogP contribution in [0.5, 0.6) is 0 Å². The summed E-state index contributed by atoms with van der Waals surface area (Å²) in [5.74, 6) is 0.208. The number of hydrogen-bond acceptors (Lipinski definition) is 2. The highest BCUT2D eigenvalue weighted by Crippen LogP contribution is 2.45. The predicted octanol–water partition coefficient (Wildman–Crippen LogP) is 6.86. The molecule has 0 fully saturated rings. The maximum atomic E-state index is 13.3. The van der Waals surface area contributed by atoms with Crippen LogP contribution in [-0.2, 0) is 11.2 Å². The molecule has 0 heterocycles. The van der Waals surface area contributed by atoms with Crippen molar-refractivity contribution in [2.45, 2.75) is 47.0 Å². The average molecular weight is 383 g/mol. The fraction of sp³-hybridized carbons (Fsp3) is 0.375. The van der Waals surface area contributed by atoms with E-state index in [1.54, 1.807) is 0 Å². The molecule has 1 aliphatic carbocycles. The van der Waals surface area contributed by atoms with E-state index < -0.39 is 0 Å². The normalized spacial score (nSPS) is 19.4. The van der Waals surface area contributed by atoms with Gasteiger partial charge in [-0.05, 0) is 58.7 Å². The molecule has 2 aromatic rings. The Hall–Kier alpha value is -2.06. The van der Waals surface area contributed by atoms with Crippen LogP contribution in [-0.4, -0.2) is 10.9 Å². The van der Waals surface area contributed by atoms with Crippen LogP contribution in [0.2, 0.25) is 5.02 Å². The van der Waals surface area contributed by atoms with Gasteiger partial charge in [0, 0.05) is 17.4 Å². The van der Waals surface area contributed by atoms with Gasteiger partial charge in [0.15, 0.2) is 5.78 Å². The van der Waals surface area contributed by atoms with Crippen LogP contribution in [0.25, 0.3) is 16.7 Å². The molecule has 0 saturated heterocycles. The second kappa shape index (κ2) is 7.52. The number of rotatable bonds is 4. The third-order valence-electron chi connectivity index (χ3n) is 5.76. The molecule has 0 spiro atoms. The topological polar surface area (TPSA) is 37.3 Å². The SMILES string of the molecule is CCc1ccc(-c2ccc(Cl)cc2)cc1C1=C(O)CC(C)(C)C(CC)C1=O. The van der Waals surface area contributed by atoms with Gasteiger partial charge in [-0.25, -0.2) is 0 Å². The number of Topliss-reactive ketones (excluding diaryl/α,β-unsaturated/α-hetero) is 1. The molecule has 1 atom stereocenters. The minimum Gasteiger partial charge on any atom is -0.512 e. The summed E-state index contributed by atoms with van der Waals surface area (Å²) in [5.41, 5.74) is 4.29. The van der Waals surface area contributed by atoms with Crippen molar-refractivity contribution in [2.75, 3.05) is 0 Å². The second-order valence-electron chi connectivity index (χ2n) is 8.04. The van der Waals surface area contributed by atoms with Crippen molar-refractivity contribution in [1.29, 1.82) is 0 Å². The first-order valence-electron chi connectivity index (χ1n) is 9.64. The molecule has 27 heavy (non-hydrogen) atoms. The summed E-state index contributed by atoms with van der Waals surface area (Å²) in [6, 6.07) is 13.8. The van der Waals surface area contributed by atoms with Gasteiger partial charge in [0.25, 0.3) is 0 Å². The minimum absolute atomic E-state index is 0.0641. The molecule has 3 rings (SSSR count). The quantitative estimate of drug-likeness (QED) is 0.626. The van der Waals surface area contributed by atoms with Crippen molar-refractivity contribution in [1.82, 2.24) is 0 Å². The van der Waals surface area contributed by atoms with Crippen LogP contribution in [0.15, 0.2) is 48.2 Å². The minimum atomic E-state index is -0.223. The lowest BCUT2D eigenvalue weighted by Crippen LogP contribution is -2.36. The van der Waals surface area contributed by atoms with Crippen molar-refractivity contribution in [3.8, 4) is 11.1 Å². The van der Waals surface area contributed by atoms with Crippen LogP contribution in [0.3, 0.4) is 0 Å². The number of aliphatic hydroxyl groups is 1. The van der Waals surface area contributed by atoms with Crippen LogP contribution in [0.4, 0.5) is 0 Å². The van der Waals surface area contributed by atoms with E-state index in [1.807, 2.05) is 30.3 Å². The molecule has 0 saturated carbocycles. The van der Waals surface area contributed by atoms with E-state index in [2.05, 4.69) is 39.8 Å². The fourth-order valence-electron chi connectivity index (χ4n) is 4.28. The van der Waals surface area contributed by atoms with Gasteiger partial charge in [-0.1, -0.05) is 63.6 Å². The van der Waals surface area contributed by atoms with E-state index >= 15 is 0 Å². The Kier molecular flexibility index (Phi) is 5.48. The highest BCUT2D eigenvalue weighted by molar-refractivity contribution is 6.30. The lowest BCUT2D eigenvalue weighted by molar-refractivity contribution is -0.122. The number of ketones is 1. The van der Waals surface area contributed by atoms with Crippen molar-refractivity contribution >= 4 is 23.0 Å². The molecule has 3 heteroatoms. The van der Waals surface area contributed by atoms with Gasteiger partial charge >= 0.3 is 0 Å². The summed E-state index contributed by atoms with van der Waals surface area (Å²) in [5, 5.41) is 11.5. The van der Waals surface area contributed by atoms with Gasteiger partial charge in [0.1, 0.15) is 5.76 Å². The first kappa shape index (κ1) is 19.7. The smallest absolute Gasteiger partial charge is 0.170 e. The molecule has 0 amide bonds. The lowest BCUT2D eigenvalue weighted by atomic mass is 9.65. The largest absolute Gasteiger partial charge is 0.512 e. The molecule has 142 valence electrons. The Morgan fingerprint density at radius 2 is 1.70 bits per heavy atom. The molecule has 0 aromatic heterocycles. The van der Waals surface area contributed by atoms with Crippen molar-refractivity contribution in [3.63, 3.8) is 0 Å². The maximum Gasteiger partial charge on any atom is 0.170 e. The summed E-state index contributed by atoms with van der Waals surface area (Å²) >= 11 is 6.01. The molecular formula is C24H27ClO2. The van der Waals surface area contributed by atoms with E-state index in [4.69, 9.17) is 11.6 Å². The average Bonchev–Trinajstić information content (AvgIpc) is 2.61. The van der Waals surface area contributed by atoms with Crippen LogP contribution in [0, 0.1) is 11.3 Å². The molecule has 0 radical (unpaired) electrons. The molecule has 1 N–H and O–H groups in total. The standard InChI is InChI=1S/C24H27ClO2/c1-5-15-7-8-17(16-9-11-18(25)12-10-16)13-19(15)22-21(26)14-24(3,4)20(6-2)23(22)27/h7-13,20,26H,5-6,14H2,1-4H3. The number of halogens is 1. The van der Waals surface area contributed by atoms with Crippen LogP contribution < -0.4 is 0 Å². The molecular weight excluding hydrogens is 356 g/mol. The number of carbonyl (C=O) groups excluding carboxylic acids is 1. The fourth-order valence-corrected chi connectivity index (χ4v) is 4.41. The first-order chi connectivity index (χ1) is 12.8. The van der Waals surface area contributed by atoms with Gasteiger partial charge in [-0.15, -0.1) is 0 Å². The Labute approximate surface area is 166 Å². The van der Waals surface area contributed by atoms with Gasteiger partial charge in [-0.2, -0.15) is 0 Å². The van der Waals surface area contributed by atoms with Crippen molar-refractivity contribution in [2.24, 2.45) is 11.3 Å². The maximum absolute atomic E-state index is 13.3. The number of allylic oxidation sites excluding steroid dienone is 2. The third kappa shape index (κ3) is 3.68. The number of benzene rings is 2. The highest BCUT2D eigenvalue weighted by Gasteiger charge is 2.42. The summed E-state index contributed by atoms with van der Waals surface area (Å²) in [6.45, 7) is 8.26. The lowest BCUT2D eigenvalue weighted by Gasteiger charge is -2.38. The monoisotopic (exact) mass is 382 g/mol. The van der Waals surface area contributed by atoms with Crippen LogP contribution >= 0.6 is 11.6 Å². The molecule has 1 aliphatic rings. The summed E-state index contributed by atoms with van der Waals surface area (Å²) < 4.78 is 0. The van der Waals surface area contributed by atoms with Gasteiger partial charge in [0.2, 0.25) is 0 Å². The molecule has 2 nitrogen and oxygen atoms in total. The number of carbonyl (C=O) groups is 1. The number of aliphatic hydroxyl groups excluding tert-OH is 1.